The van der Waals surface area contributed by atoms with E-state index in [1.807, 2.05) is 30.3 Å². The van der Waals surface area contributed by atoms with Crippen LogP contribution in [0.15, 0.2) is 48.5 Å². The van der Waals surface area contributed by atoms with Crippen molar-refractivity contribution < 1.29 is 18.4 Å². The lowest BCUT2D eigenvalue weighted by atomic mass is 10.1. The minimum Gasteiger partial charge on any atom is -0.356 e. The maximum atomic E-state index is 13.6. The molecular formula is C20H20F2N2O2. The lowest BCUT2D eigenvalue weighted by Gasteiger charge is -2.08. The fourth-order valence-electron chi connectivity index (χ4n) is 2.89. The third kappa shape index (κ3) is 4.45. The van der Waals surface area contributed by atoms with Gasteiger partial charge in [0.15, 0.2) is 0 Å². The first-order valence-electron chi connectivity index (χ1n) is 8.63. The van der Waals surface area contributed by atoms with E-state index in [0.717, 1.165) is 25.0 Å². The minimum absolute atomic E-state index is 0.188. The molecule has 1 aliphatic rings. The van der Waals surface area contributed by atoms with Gasteiger partial charge in [0.1, 0.15) is 17.3 Å². The average Bonchev–Trinajstić information content (AvgIpc) is 3.43. The van der Waals surface area contributed by atoms with Crippen LogP contribution in [-0.2, 0) is 16.0 Å². The highest BCUT2D eigenvalue weighted by Gasteiger charge is 2.48. The van der Waals surface area contributed by atoms with Gasteiger partial charge in [0.05, 0.1) is 11.8 Å². The molecule has 136 valence electrons. The van der Waals surface area contributed by atoms with Gasteiger partial charge in [-0.15, -0.1) is 0 Å². The second-order valence-corrected chi connectivity index (χ2v) is 6.41. The van der Waals surface area contributed by atoms with Crippen LogP contribution in [0.4, 0.5) is 14.5 Å². The molecule has 0 bridgehead atoms. The SMILES string of the molecule is O=C(NCCCc1ccccc1)C1CC1C(=O)Nc1c(F)cccc1F. The summed E-state index contributed by atoms with van der Waals surface area (Å²) in [6.45, 7) is 0.528. The summed E-state index contributed by atoms with van der Waals surface area (Å²) in [5.74, 6) is -3.35. The second kappa shape index (κ2) is 8.08. The first-order valence-corrected chi connectivity index (χ1v) is 8.63. The van der Waals surface area contributed by atoms with Crippen LogP contribution < -0.4 is 10.6 Å². The van der Waals surface area contributed by atoms with Gasteiger partial charge in [0, 0.05) is 6.54 Å². The zero-order valence-electron chi connectivity index (χ0n) is 14.2. The Kier molecular flexibility index (Phi) is 5.61. The van der Waals surface area contributed by atoms with Crippen molar-refractivity contribution in [2.75, 3.05) is 11.9 Å². The van der Waals surface area contributed by atoms with Crippen LogP contribution in [0.2, 0.25) is 0 Å². The Morgan fingerprint density at radius 1 is 0.923 bits per heavy atom. The summed E-state index contributed by atoms with van der Waals surface area (Å²) in [4.78, 5) is 24.2. The number of hydrogen-bond acceptors (Lipinski definition) is 2. The number of anilines is 1. The van der Waals surface area contributed by atoms with Gasteiger partial charge in [-0.1, -0.05) is 36.4 Å². The Hall–Kier alpha value is -2.76. The second-order valence-electron chi connectivity index (χ2n) is 6.41. The van der Waals surface area contributed by atoms with Crippen molar-refractivity contribution in [3.8, 4) is 0 Å². The van der Waals surface area contributed by atoms with Crippen molar-refractivity contribution >= 4 is 17.5 Å². The van der Waals surface area contributed by atoms with E-state index in [2.05, 4.69) is 10.6 Å². The molecule has 0 spiro atoms. The van der Waals surface area contributed by atoms with Gasteiger partial charge in [-0.3, -0.25) is 9.59 Å². The summed E-state index contributed by atoms with van der Waals surface area (Å²) in [5, 5.41) is 5.06. The van der Waals surface area contributed by atoms with E-state index < -0.39 is 35.1 Å². The fourth-order valence-corrected chi connectivity index (χ4v) is 2.89. The quantitative estimate of drug-likeness (QED) is 0.746. The molecule has 0 aliphatic heterocycles. The topological polar surface area (TPSA) is 58.2 Å². The highest BCUT2D eigenvalue weighted by atomic mass is 19.1. The Morgan fingerprint density at radius 3 is 2.27 bits per heavy atom. The smallest absolute Gasteiger partial charge is 0.228 e. The number of aryl methyl sites for hydroxylation is 1. The number of para-hydroxylation sites is 1. The van der Waals surface area contributed by atoms with Crippen LogP contribution in [0.1, 0.15) is 18.4 Å². The third-order valence-electron chi connectivity index (χ3n) is 4.46. The molecule has 4 nitrogen and oxygen atoms in total. The zero-order chi connectivity index (χ0) is 18.5. The Balaban J connectivity index is 1.41. The molecule has 6 heteroatoms. The number of rotatable bonds is 7. The fraction of sp³-hybridized carbons (Fsp3) is 0.300. The molecule has 2 aromatic carbocycles. The highest BCUT2D eigenvalue weighted by Crippen LogP contribution is 2.39. The molecule has 1 saturated carbocycles. The van der Waals surface area contributed by atoms with Crippen LogP contribution >= 0.6 is 0 Å². The number of nitrogens with one attached hydrogen (secondary N) is 2. The highest BCUT2D eigenvalue weighted by molar-refractivity contribution is 5.99. The van der Waals surface area contributed by atoms with Gasteiger partial charge in [0.2, 0.25) is 11.8 Å². The molecule has 0 aromatic heterocycles. The van der Waals surface area contributed by atoms with E-state index >= 15 is 0 Å². The van der Waals surface area contributed by atoms with Crippen molar-refractivity contribution in [1.82, 2.24) is 5.32 Å². The molecule has 0 heterocycles. The molecule has 2 amide bonds. The number of benzene rings is 2. The molecule has 1 fully saturated rings. The van der Waals surface area contributed by atoms with Crippen molar-refractivity contribution in [2.45, 2.75) is 19.3 Å². The van der Waals surface area contributed by atoms with Crippen LogP contribution in [0, 0.1) is 23.5 Å². The molecule has 26 heavy (non-hydrogen) atoms. The number of halogens is 2. The average molecular weight is 358 g/mol. The maximum absolute atomic E-state index is 13.6. The summed E-state index contributed by atoms with van der Waals surface area (Å²) in [7, 11) is 0. The normalized spacial score (nSPS) is 18.2. The van der Waals surface area contributed by atoms with Gasteiger partial charge in [-0.2, -0.15) is 0 Å². The molecular weight excluding hydrogens is 338 g/mol. The van der Waals surface area contributed by atoms with Crippen molar-refractivity contribution in [3.63, 3.8) is 0 Å². The number of hydrogen-bond donors (Lipinski definition) is 2. The summed E-state index contributed by atoms with van der Waals surface area (Å²) in [6.07, 6.45) is 2.06. The largest absolute Gasteiger partial charge is 0.356 e. The van der Waals surface area contributed by atoms with Crippen LogP contribution in [0.3, 0.4) is 0 Å². The van der Waals surface area contributed by atoms with Gasteiger partial charge in [-0.25, -0.2) is 8.78 Å². The van der Waals surface area contributed by atoms with E-state index in [-0.39, 0.29) is 5.91 Å². The first kappa shape index (κ1) is 18.0. The minimum atomic E-state index is -0.832. The Morgan fingerprint density at radius 2 is 1.58 bits per heavy atom. The first-order chi connectivity index (χ1) is 12.6. The van der Waals surface area contributed by atoms with Gasteiger partial charge < -0.3 is 10.6 Å². The zero-order valence-corrected chi connectivity index (χ0v) is 14.2. The molecule has 2 aromatic rings. The van der Waals surface area contributed by atoms with E-state index in [1.54, 1.807) is 0 Å². The standard InChI is InChI=1S/C20H20F2N2O2/c21-16-9-4-10-17(22)18(16)24-20(26)15-12-14(15)19(25)23-11-5-8-13-6-2-1-3-7-13/h1-4,6-7,9-10,14-15H,5,8,11-12H2,(H,23,25)(H,24,26). The van der Waals surface area contributed by atoms with E-state index in [1.165, 1.54) is 11.6 Å². The maximum Gasteiger partial charge on any atom is 0.228 e. The predicted octanol–water partition coefficient (Wildman–Crippen LogP) is 3.29. The molecule has 2 atom stereocenters. The van der Waals surface area contributed by atoms with Gasteiger partial charge in [-0.05, 0) is 37.0 Å². The Labute approximate surface area is 150 Å². The molecule has 2 unspecified atom stereocenters. The molecule has 0 radical (unpaired) electrons. The van der Waals surface area contributed by atoms with Crippen LogP contribution in [-0.4, -0.2) is 18.4 Å². The van der Waals surface area contributed by atoms with E-state index in [0.29, 0.717) is 13.0 Å². The number of amides is 2. The summed E-state index contributed by atoms with van der Waals surface area (Å²) in [5.41, 5.74) is 0.740. The summed E-state index contributed by atoms with van der Waals surface area (Å²) in [6, 6.07) is 13.3. The third-order valence-corrected chi connectivity index (χ3v) is 4.46. The van der Waals surface area contributed by atoms with E-state index in [9.17, 15) is 18.4 Å². The van der Waals surface area contributed by atoms with E-state index in [4.69, 9.17) is 0 Å². The van der Waals surface area contributed by atoms with Crippen molar-refractivity contribution in [1.29, 1.82) is 0 Å². The monoisotopic (exact) mass is 358 g/mol. The van der Waals surface area contributed by atoms with Gasteiger partial charge in [0.25, 0.3) is 0 Å². The number of carbonyl (C=O) groups excluding carboxylic acids is 2. The van der Waals surface area contributed by atoms with Crippen molar-refractivity contribution in [2.24, 2.45) is 11.8 Å². The lowest BCUT2D eigenvalue weighted by Crippen LogP contribution is -2.28. The predicted molar refractivity (Wildman–Crippen MR) is 94.4 cm³/mol. The lowest BCUT2D eigenvalue weighted by molar-refractivity contribution is -0.125. The number of carbonyl (C=O) groups is 2. The summed E-state index contributed by atoms with van der Waals surface area (Å²) >= 11 is 0. The van der Waals surface area contributed by atoms with Crippen LogP contribution in [0.5, 0.6) is 0 Å². The Bertz CT molecular complexity index is 775. The van der Waals surface area contributed by atoms with Gasteiger partial charge >= 0.3 is 0 Å². The molecule has 0 saturated heterocycles. The molecule has 1 aliphatic carbocycles. The van der Waals surface area contributed by atoms with Crippen LogP contribution in [0.25, 0.3) is 0 Å². The van der Waals surface area contributed by atoms with Crippen molar-refractivity contribution in [3.05, 3.63) is 65.7 Å². The molecule has 2 N–H and O–H groups in total. The summed E-state index contributed by atoms with van der Waals surface area (Å²) < 4.78 is 27.1. The molecule has 3 rings (SSSR count).